The second kappa shape index (κ2) is 46.6. The highest BCUT2D eigenvalue weighted by atomic mass is 31.2. The van der Waals surface area contributed by atoms with Crippen molar-refractivity contribution in [2.45, 2.75) is 257 Å². The number of phosphoric acid groups is 1. The molecular formula is C55H105N2O6P. The van der Waals surface area contributed by atoms with Gasteiger partial charge in [-0.25, -0.2) is 0 Å². The highest BCUT2D eigenvalue weighted by Gasteiger charge is 2.24. The first-order valence-corrected chi connectivity index (χ1v) is 28.4. The molecule has 0 aromatic rings. The lowest BCUT2D eigenvalue weighted by Crippen LogP contribution is -2.46. The number of hydrogen-bond donors (Lipinski definition) is 2. The van der Waals surface area contributed by atoms with Gasteiger partial charge in [-0.1, -0.05) is 236 Å². The Morgan fingerprint density at radius 1 is 0.562 bits per heavy atom. The Morgan fingerprint density at radius 3 is 1.39 bits per heavy atom. The summed E-state index contributed by atoms with van der Waals surface area (Å²) in [6.07, 6.45) is 59.8. The summed E-state index contributed by atoms with van der Waals surface area (Å²) in [5, 5.41) is 14.0. The third kappa shape index (κ3) is 48.4. The number of likely N-dealkylation sites (N-methyl/N-ethyl adjacent to an activating group) is 1. The minimum atomic E-state index is -4.57. The molecule has 376 valence electrons. The molecule has 0 rings (SSSR count). The van der Waals surface area contributed by atoms with E-state index in [1.165, 1.54) is 154 Å². The lowest BCUT2D eigenvalue weighted by Gasteiger charge is -2.30. The van der Waals surface area contributed by atoms with Crippen molar-refractivity contribution in [2.75, 3.05) is 40.9 Å². The van der Waals surface area contributed by atoms with Crippen LogP contribution in [0.2, 0.25) is 0 Å². The lowest BCUT2D eigenvalue weighted by atomic mass is 10.0. The minimum Gasteiger partial charge on any atom is -0.756 e. The van der Waals surface area contributed by atoms with Crippen molar-refractivity contribution in [3.8, 4) is 0 Å². The van der Waals surface area contributed by atoms with Gasteiger partial charge < -0.3 is 28.8 Å². The fraction of sp³-hybridized carbons (Fsp3) is 0.836. The highest BCUT2D eigenvalue weighted by molar-refractivity contribution is 7.45. The van der Waals surface area contributed by atoms with Crippen LogP contribution >= 0.6 is 7.82 Å². The number of quaternary nitrogens is 1. The molecule has 0 aliphatic heterocycles. The molecule has 0 aliphatic carbocycles. The van der Waals surface area contributed by atoms with Gasteiger partial charge in [-0.05, 0) is 51.4 Å². The van der Waals surface area contributed by atoms with Crippen LogP contribution in [0.15, 0.2) is 48.6 Å². The van der Waals surface area contributed by atoms with Crippen molar-refractivity contribution < 1.29 is 32.9 Å². The summed E-state index contributed by atoms with van der Waals surface area (Å²) in [5.74, 6) is -0.169. The van der Waals surface area contributed by atoms with Crippen LogP contribution in [-0.2, 0) is 18.4 Å². The standard InChI is InChI=1S/C55H105N2O6P/c1-6-8-10-12-14-16-18-20-22-24-26-27-28-29-31-33-35-37-39-41-43-45-47-49-55(59)56-53(52-63-64(60,61)62-51-50-57(3,4)5)54(58)48-46-44-42-40-38-36-34-32-30-25-23-21-19-17-15-13-11-9-7-2/h8,10,14,16,20,22,26-27,53-54,58H,6-7,9,11-13,15,17-19,21,23-25,28-52H2,1-5H3,(H-,56,59,60,61)/b10-8-,16-14-,22-20-,27-26-. The number of phosphoric ester groups is 1. The first-order valence-electron chi connectivity index (χ1n) is 27.0. The maximum Gasteiger partial charge on any atom is 0.268 e. The van der Waals surface area contributed by atoms with E-state index in [0.717, 1.165) is 64.2 Å². The van der Waals surface area contributed by atoms with Gasteiger partial charge in [-0.15, -0.1) is 0 Å². The van der Waals surface area contributed by atoms with Crippen LogP contribution in [0.5, 0.6) is 0 Å². The predicted octanol–water partition coefficient (Wildman–Crippen LogP) is 15.3. The lowest BCUT2D eigenvalue weighted by molar-refractivity contribution is -0.870. The monoisotopic (exact) mass is 921 g/mol. The van der Waals surface area contributed by atoms with E-state index in [1.807, 2.05) is 21.1 Å². The van der Waals surface area contributed by atoms with Gasteiger partial charge in [-0.3, -0.25) is 9.36 Å². The number of allylic oxidation sites excluding steroid dienone is 8. The summed E-state index contributed by atoms with van der Waals surface area (Å²) in [4.78, 5) is 25.5. The molecular weight excluding hydrogens is 816 g/mol. The molecule has 0 aliphatic rings. The molecule has 3 unspecified atom stereocenters. The van der Waals surface area contributed by atoms with E-state index >= 15 is 0 Å². The smallest absolute Gasteiger partial charge is 0.268 e. The number of aliphatic hydroxyl groups is 1. The molecule has 1 amide bonds. The number of rotatable bonds is 49. The van der Waals surface area contributed by atoms with Crippen LogP contribution in [0.3, 0.4) is 0 Å². The molecule has 0 aromatic carbocycles. The number of hydrogen-bond acceptors (Lipinski definition) is 6. The number of amides is 1. The van der Waals surface area contributed by atoms with Gasteiger partial charge in [0.2, 0.25) is 5.91 Å². The minimum absolute atomic E-state index is 0.0104. The molecule has 64 heavy (non-hydrogen) atoms. The number of unbranched alkanes of at least 4 members (excludes halogenated alkanes) is 28. The molecule has 0 saturated heterocycles. The van der Waals surface area contributed by atoms with Crippen LogP contribution in [0.25, 0.3) is 0 Å². The van der Waals surface area contributed by atoms with E-state index in [1.54, 1.807) is 0 Å². The van der Waals surface area contributed by atoms with Crippen LogP contribution in [0.1, 0.15) is 245 Å². The molecule has 8 nitrogen and oxygen atoms in total. The zero-order chi connectivity index (χ0) is 47.1. The van der Waals surface area contributed by atoms with E-state index in [-0.39, 0.29) is 19.1 Å². The summed E-state index contributed by atoms with van der Waals surface area (Å²) in [6, 6.07) is -0.804. The fourth-order valence-electron chi connectivity index (χ4n) is 7.86. The SMILES string of the molecule is CC/C=C\C/C=C\C/C=C\C/C=C\CCCCCCCCCCCCC(=O)NC(COP(=O)([O-])OCC[N+](C)(C)C)C(O)CCCCCCCCCCCCCCCCCCCCC. The molecule has 0 fully saturated rings. The van der Waals surface area contributed by atoms with Gasteiger partial charge in [0.05, 0.1) is 39.9 Å². The predicted molar refractivity (Wildman–Crippen MR) is 274 cm³/mol. The van der Waals surface area contributed by atoms with Crippen molar-refractivity contribution in [3.05, 3.63) is 48.6 Å². The average Bonchev–Trinajstić information content (AvgIpc) is 3.25. The quantitative estimate of drug-likeness (QED) is 0.0272. The molecule has 3 atom stereocenters. The number of carbonyl (C=O) groups excluding carboxylic acids is 1. The second-order valence-electron chi connectivity index (χ2n) is 19.6. The Morgan fingerprint density at radius 2 is 0.953 bits per heavy atom. The fourth-order valence-corrected chi connectivity index (χ4v) is 8.58. The Hall–Kier alpha value is -1.54. The van der Waals surface area contributed by atoms with E-state index < -0.39 is 20.0 Å². The summed E-state index contributed by atoms with van der Waals surface area (Å²) >= 11 is 0. The number of aliphatic hydroxyl groups excluding tert-OH is 1. The normalized spacial score (nSPS) is 14.4. The number of nitrogens with zero attached hydrogens (tertiary/aromatic N) is 1. The topological polar surface area (TPSA) is 108 Å². The first kappa shape index (κ1) is 62.5. The van der Waals surface area contributed by atoms with Gasteiger partial charge >= 0.3 is 0 Å². The van der Waals surface area contributed by atoms with Gasteiger partial charge in [0.1, 0.15) is 13.2 Å². The van der Waals surface area contributed by atoms with E-state index in [2.05, 4.69) is 67.8 Å². The van der Waals surface area contributed by atoms with Gasteiger partial charge in [0, 0.05) is 6.42 Å². The zero-order valence-electron chi connectivity index (χ0n) is 42.7. The molecule has 2 N–H and O–H groups in total. The summed E-state index contributed by atoms with van der Waals surface area (Å²) in [7, 11) is 1.30. The molecule has 0 spiro atoms. The van der Waals surface area contributed by atoms with Gasteiger partial charge in [0.25, 0.3) is 7.82 Å². The molecule has 9 heteroatoms. The van der Waals surface area contributed by atoms with E-state index in [0.29, 0.717) is 23.9 Å². The third-order valence-electron chi connectivity index (χ3n) is 12.1. The maximum absolute atomic E-state index is 13.0. The zero-order valence-corrected chi connectivity index (χ0v) is 43.6. The van der Waals surface area contributed by atoms with Crippen LogP contribution in [-0.4, -0.2) is 68.5 Å². The first-order chi connectivity index (χ1) is 31.0. The second-order valence-corrected chi connectivity index (χ2v) is 21.0. The summed E-state index contributed by atoms with van der Waals surface area (Å²) in [6.45, 7) is 4.63. The Kier molecular flexibility index (Phi) is 45.4. The highest BCUT2D eigenvalue weighted by Crippen LogP contribution is 2.38. The van der Waals surface area contributed by atoms with Crippen LogP contribution < -0.4 is 10.2 Å². The summed E-state index contributed by atoms with van der Waals surface area (Å²) in [5.41, 5.74) is 0. The van der Waals surface area contributed by atoms with E-state index in [9.17, 15) is 19.4 Å². The Balaban J connectivity index is 4.23. The number of nitrogens with one attached hydrogen (secondary N) is 1. The van der Waals surface area contributed by atoms with Crippen molar-refractivity contribution in [1.29, 1.82) is 0 Å². The molecule has 0 aromatic heterocycles. The maximum atomic E-state index is 13.0. The van der Waals surface area contributed by atoms with Crippen molar-refractivity contribution >= 4 is 13.7 Å². The van der Waals surface area contributed by atoms with Gasteiger partial charge in [0.15, 0.2) is 0 Å². The van der Waals surface area contributed by atoms with Crippen LogP contribution in [0, 0.1) is 0 Å². The van der Waals surface area contributed by atoms with Crippen molar-refractivity contribution in [2.24, 2.45) is 0 Å². The molecule has 0 saturated carbocycles. The Bertz CT molecular complexity index is 1180. The third-order valence-corrected chi connectivity index (χ3v) is 13.0. The Labute approximate surface area is 397 Å². The van der Waals surface area contributed by atoms with Gasteiger partial charge in [-0.2, -0.15) is 0 Å². The average molecular weight is 921 g/mol. The molecule has 0 heterocycles. The van der Waals surface area contributed by atoms with E-state index in [4.69, 9.17) is 9.05 Å². The molecule has 0 bridgehead atoms. The summed E-state index contributed by atoms with van der Waals surface area (Å²) < 4.78 is 23.4. The number of carbonyl (C=O) groups is 1. The van der Waals surface area contributed by atoms with Crippen molar-refractivity contribution in [3.63, 3.8) is 0 Å². The van der Waals surface area contributed by atoms with Crippen LogP contribution in [0.4, 0.5) is 0 Å². The largest absolute Gasteiger partial charge is 0.756 e. The van der Waals surface area contributed by atoms with Crippen molar-refractivity contribution in [1.82, 2.24) is 5.32 Å². The molecule has 0 radical (unpaired) electrons.